The molecule has 0 unspecified atom stereocenters. The van der Waals surface area contributed by atoms with Crippen LogP contribution in [0.25, 0.3) is 0 Å². The number of nitrogens with one attached hydrogen (secondary N) is 1. The van der Waals surface area contributed by atoms with Gasteiger partial charge in [0.15, 0.2) is 0 Å². The van der Waals surface area contributed by atoms with Crippen LogP contribution < -0.4 is 17.0 Å². The quantitative estimate of drug-likeness (QED) is 0.421. The molecule has 0 bridgehead atoms. The minimum Gasteiger partial charge on any atom is -0.494 e. The Kier molecular flexibility index (Phi) is 4.30. The van der Waals surface area contributed by atoms with Gasteiger partial charge in [0.25, 0.3) is 5.56 Å². The van der Waals surface area contributed by atoms with Gasteiger partial charge >= 0.3 is 5.69 Å². The third-order valence-corrected chi connectivity index (χ3v) is 3.86. The first kappa shape index (κ1) is 15.1. The maximum absolute atomic E-state index is 12.5. The largest absolute Gasteiger partial charge is 0.494 e. The van der Waals surface area contributed by atoms with Crippen molar-refractivity contribution in [1.82, 2.24) is 9.13 Å². The van der Waals surface area contributed by atoms with Gasteiger partial charge in [-0.05, 0) is 19.3 Å². The van der Waals surface area contributed by atoms with E-state index in [1.165, 1.54) is 0 Å². The van der Waals surface area contributed by atoms with E-state index < -0.39 is 23.0 Å². The first-order valence-corrected chi connectivity index (χ1v) is 7.02. The Balaban J connectivity index is 2.71. The van der Waals surface area contributed by atoms with Gasteiger partial charge in [-0.1, -0.05) is 18.9 Å². The molecule has 1 fully saturated rings. The second-order valence-corrected chi connectivity index (χ2v) is 5.24. The van der Waals surface area contributed by atoms with Gasteiger partial charge in [0, 0.05) is 12.6 Å². The zero-order chi connectivity index (χ0) is 15.6. The zero-order valence-electron chi connectivity index (χ0n) is 11.8. The third-order valence-electron chi connectivity index (χ3n) is 3.86. The molecule has 4 N–H and O–H groups in total. The van der Waals surface area contributed by atoms with Crippen LogP contribution in [0, 0.1) is 5.41 Å². The molecule has 1 aromatic rings. The summed E-state index contributed by atoms with van der Waals surface area (Å²) in [6.07, 6.45) is 5.49. The third kappa shape index (κ3) is 2.63. The average molecular weight is 292 g/mol. The Morgan fingerprint density at radius 2 is 2.05 bits per heavy atom. The van der Waals surface area contributed by atoms with E-state index in [0.29, 0.717) is 6.42 Å². The van der Waals surface area contributed by atoms with E-state index in [9.17, 15) is 14.7 Å². The van der Waals surface area contributed by atoms with Crippen molar-refractivity contribution in [2.45, 2.75) is 44.7 Å². The topological polar surface area (TPSA) is 114 Å². The summed E-state index contributed by atoms with van der Waals surface area (Å²) in [6, 6.07) is -0.182. The Labute approximate surface area is 121 Å². The number of allylic oxidation sites excluding steroid dienone is 1. The van der Waals surface area contributed by atoms with E-state index in [2.05, 4.69) is 6.58 Å². The maximum atomic E-state index is 12.5. The van der Waals surface area contributed by atoms with E-state index in [0.717, 1.165) is 34.8 Å². The van der Waals surface area contributed by atoms with Crippen LogP contribution in [0.5, 0.6) is 5.88 Å². The standard InChI is InChI=1S/C14H20N4O3/c1-2-3-8-17-12(19)10(11(15)16)13(20)18(14(17)21)9-6-4-5-7-9/h2,9,19H,1,3-8H2,(H3,15,16). The second-order valence-electron chi connectivity index (χ2n) is 5.24. The number of hydrogen-bond acceptors (Lipinski definition) is 4. The van der Waals surface area contributed by atoms with Gasteiger partial charge in [-0.15, -0.1) is 6.58 Å². The van der Waals surface area contributed by atoms with Gasteiger partial charge in [-0.2, -0.15) is 0 Å². The van der Waals surface area contributed by atoms with Gasteiger partial charge < -0.3 is 10.8 Å². The summed E-state index contributed by atoms with van der Waals surface area (Å²) < 4.78 is 2.24. The van der Waals surface area contributed by atoms with Gasteiger partial charge in [0.05, 0.1) is 0 Å². The molecule has 1 heterocycles. The van der Waals surface area contributed by atoms with Crippen LogP contribution in [0.4, 0.5) is 0 Å². The molecule has 114 valence electrons. The van der Waals surface area contributed by atoms with E-state index in [1.807, 2.05) is 0 Å². The van der Waals surface area contributed by atoms with Crippen LogP contribution >= 0.6 is 0 Å². The lowest BCUT2D eigenvalue weighted by Gasteiger charge is -2.18. The van der Waals surface area contributed by atoms with Crippen molar-refractivity contribution in [3.05, 3.63) is 39.1 Å². The highest BCUT2D eigenvalue weighted by Gasteiger charge is 2.26. The predicted octanol–water partition coefficient (Wildman–Crippen LogP) is 0.691. The molecule has 0 atom stereocenters. The predicted molar refractivity (Wildman–Crippen MR) is 80.0 cm³/mol. The number of amidine groups is 1. The molecule has 0 radical (unpaired) electrons. The summed E-state index contributed by atoms with van der Waals surface area (Å²) in [5.41, 5.74) is 3.89. The monoisotopic (exact) mass is 292 g/mol. The zero-order valence-corrected chi connectivity index (χ0v) is 11.8. The normalized spacial score (nSPS) is 15.2. The highest BCUT2D eigenvalue weighted by molar-refractivity contribution is 5.96. The molecule has 7 heteroatoms. The number of nitrogens with zero attached hydrogens (tertiary/aromatic N) is 2. The molecule has 1 aromatic heterocycles. The van der Waals surface area contributed by atoms with Crippen molar-refractivity contribution in [2.75, 3.05) is 0 Å². The van der Waals surface area contributed by atoms with Crippen molar-refractivity contribution >= 4 is 5.84 Å². The molecule has 0 aliphatic heterocycles. The average Bonchev–Trinajstić information content (AvgIpc) is 2.92. The smallest absolute Gasteiger partial charge is 0.334 e. The molecule has 0 saturated heterocycles. The molecular weight excluding hydrogens is 272 g/mol. The van der Waals surface area contributed by atoms with E-state index >= 15 is 0 Å². The summed E-state index contributed by atoms with van der Waals surface area (Å²) in [5, 5.41) is 17.6. The summed E-state index contributed by atoms with van der Waals surface area (Å²) in [6.45, 7) is 3.77. The number of nitrogens with two attached hydrogens (primary N) is 1. The van der Waals surface area contributed by atoms with E-state index in [4.69, 9.17) is 11.1 Å². The fourth-order valence-corrected chi connectivity index (χ4v) is 2.80. The molecule has 0 amide bonds. The van der Waals surface area contributed by atoms with Crippen LogP contribution in [0.2, 0.25) is 0 Å². The first-order valence-electron chi connectivity index (χ1n) is 7.02. The molecular formula is C14H20N4O3. The Bertz CT molecular complexity index is 681. The fraction of sp³-hybridized carbons (Fsp3) is 0.500. The van der Waals surface area contributed by atoms with Gasteiger partial charge in [-0.25, -0.2) is 4.79 Å². The number of rotatable bonds is 5. The molecule has 7 nitrogen and oxygen atoms in total. The number of aromatic hydroxyl groups is 1. The van der Waals surface area contributed by atoms with Crippen LogP contribution in [-0.4, -0.2) is 20.1 Å². The minimum atomic E-state index is -0.674. The lowest BCUT2D eigenvalue weighted by molar-refractivity contribution is 0.373. The molecule has 1 saturated carbocycles. The first-order chi connectivity index (χ1) is 9.99. The lowest BCUT2D eigenvalue weighted by atomic mass is 10.2. The molecule has 21 heavy (non-hydrogen) atoms. The Hall–Kier alpha value is -2.31. The van der Waals surface area contributed by atoms with Crippen molar-refractivity contribution < 1.29 is 5.11 Å². The van der Waals surface area contributed by atoms with Gasteiger partial charge in [0.1, 0.15) is 11.4 Å². The lowest BCUT2D eigenvalue weighted by Crippen LogP contribution is -2.45. The van der Waals surface area contributed by atoms with Crippen LogP contribution in [0.3, 0.4) is 0 Å². The van der Waals surface area contributed by atoms with Crippen molar-refractivity contribution in [3.8, 4) is 5.88 Å². The number of hydrogen-bond donors (Lipinski definition) is 3. The second kappa shape index (κ2) is 5.99. The minimum absolute atomic E-state index is 0.182. The molecule has 1 aliphatic carbocycles. The van der Waals surface area contributed by atoms with Crippen LogP contribution in [0.1, 0.15) is 43.7 Å². The number of aromatic nitrogens is 2. The van der Waals surface area contributed by atoms with Crippen molar-refractivity contribution in [1.29, 1.82) is 5.41 Å². The molecule has 1 aliphatic rings. The summed E-state index contributed by atoms with van der Waals surface area (Å²) in [7, 11) is 0. The summed E-state index contributed by atoms with van der Waals surface area (Å²) in [5.74, 6) is -1.06. The molecule has 0 aromatic carbocycles. The van der Waals surface area contributed by atoms with Crippen LogP contribution in [0.15, 0.2) is 22.2 Å². The van der Waals surface area contributed by atoms with E-state index in [1.54, 1.807) is 6.08 Å². The van der Waals surface area contributed by atoms with Gasteiger partial charge in [0.2, 0.25) is 5.88 Å². The van der Waals surface area contributed by atoms with E-state index in [-0.39, 0.29) is 18.2 Å². The maximum Gasteiger partial charge on any atom is 0.334 e. The Morgan fingerprint density at radius 3 is 2.57 bits per heavy atom. The van der Waals surface area contributed by atoms with Crippen molar-refractivity contribution in [3.63, 3.8) is 0 Å². The summed E-state index contributed by atoms with van der Waals surface area (Å²) in [4.78, 5) is 24.9. The highest BCUT2D eigenvalue weighted by Crippen LogP contribution is 2.27. The van der Waals surface area contributed by atoms with Gasteiger partial charge in [-0.3, -0.25) is 19.3 Å². The molecule has 2 rings (SSSR count). The SMILES string of the molecule is C=CCCn1c(O)c(C(=N)N)c(=O)n(C2CCCC2)c1=O. The van der Waals surface area contributed by atoms with Crippen molar-refractivity contribution in [2.24, 2.45) is 5.73 Å². The number of nitrogen functional groups attached to an aromatic ring is 1. The van der Waals surface area contributed by atoms with Crippen LogP contribution in [-0.2, 0) is 6.54 Å². The Morgan fingerprint density at radius 1 is 1.43 bits per heavy atom. The fourth-order valence-electron chi connectivity index (χ4n) is 2.80. The highest BCUT2D eigenvalue weighted by atomic mass is 16.3. The molecule has 0 spiro atoms. The summed E-state index contributed by atoms with van der Waals surface area (Å²) >= 11 is 0.